The zero-order valence-electron chi connectivity index (χ0n) is 7.44. The first-order valence-electron chi connectivity index (χ1n) is 3.98. The van der Waals surface area contributed by atoms with Crippen LogP contribution in [0.3, 0.4) is 0 Å². The highest BCUT2D eigenvalue weighted by Crippen LogP contribution is 2.27. The summed E-state index contributed by atoms with van der Waals surface area (Å²) in [5.74, 6) is 0.795. The predicted molar refractivity (Wildman–Crippen MR) is 62.2 cm³/mol. The first kappa shape index (κ1) is 10.1. The number of hydrogen-bond acceptors (Lipinski definition) is 5. The van der Waals surface area contributed by atoms with Crippen molar-refractivity contribution < 1.29 is 0 Å². The normalized spacial score (nSPS) is 9.87. The van der Waals surface area contributed by atoms with Gasteiger partial charge in [-0.2, -0.15) is 5.26 Å². The maximum absolute atomic E-state index is 8.74. The molecule has 2 rings (SSSR count). The molecule has 0 amide bonds. The smallest absolute Gasteiger partial charge is 0.172 e. The van der Waals surface area contributed by atoms with Crippen molar-refractivity contribution in [3.63, 3.8) is 0 Å². The zero-order valence-corrected chi connectivity index (χ0v) is 9.84. The van der Waals surface area contributed by atoms with Gasteiger partial charge in [-0.1, -0.05) is 0 Å². The van der Waals surface area contributed by atoms with Crippen molar-refractivity contribution in [3.05, 3.63) is 27.7 Å². The van der Waals surface area contributed by atoms with E-state index in [9.17, 15) is 0 Å². The SMILES string of the molecule is N#Cc1cc(N)nc(-c2cc(Br)cs2)n1. The molecule has 0 radical (unpaired) electrons. The van der Waals surface area contributed by atoms with Crippen molar-refractivity contribution in [2.75, 3.05) is 5.73 Å². The Morgan fingerprint density at radius 1 is 1.40 bits per heavy atom. The maximum atomic E-state index is 8.74. The number of thiophene rings is 1. The second-order valence-electron chi connectivity index (χ2n) is 2.74. The summed E-state index contributed by atoms with van der Waals surface area (Å²) >= 11 is 4.84. The Kier molecular flexibility index (Phi) is 2.66. The first-order valence-corrected chi connectivity index (χ1v) is 5.65. The lowest BCUT2D eigenvalue weighted by atomic mass is 10.3. The van der Waals surface area contributed by atoms with Gasteiger partial charge in [-0.3, -0.25) is 0 Å². The maximum Gasteiger partial charge on any atom is 0.172 e. The molecule has 2 heterocycles. The number of nitriles is 1. The monoisotopic (exact) mass is 280 g/mol. The molecular weight excluding hydrogens is 276 g/mol. The minimum Gasteiger partial charge on any atom is -0.384 e. The van der Waals surface area contributed by atoms with Crippen molar-refractivity contribution in [1.29, 1.82) is 5.26 Å². The van der Waals surface area contributed by atoms with Crippen LogP contribution in [0.25, 0.3) is 10.7 Å². The summed E-state index contributed by atoms with van der Waals surface area (Å²) in [6.45, 7) is 0. The van der Waals surface area contributed by atoms with Crippen molar-refractivity contribution >= 4 is 33.1 Å². The fourth-order valence-corrected chi connectivity index (χ4v) is 2.42. The highest BCUT2D eigenvalue weighted by Gasteiger charge is 2.07. The minimum atomic E-state index is 0.280. The highest BCUT2D eigenvalue weighted by molar-refractivity contribution is 9.10. The molecule has 2 N–H and O–H groups in total. The summed E-state index contributed by atoms with van der Waals surface area (Å²) in [5.41, 5.74) is 5.85. The van der Waals surface area contributed by atoms with Gasteiger partial charge in [0.15, 0.2) is 5.82 Å². The van der Waals surface area contributed by atoms with Crippen LogP contribution in [-0.2, 0) is 0 Å². The van der Waals surface area contributed by atoms with E-state index in [4.69, 9.17) is 11.0 Å². The fourth-order valence-electron chi connectivity index (χ4n) is 1.06. The van der Waals surface area contributed by atoms with Gasteiger partial charge in [-0.15, -0.1) is 11.3 Å². The molecule has 0 bridgehead atoms. The third-order valence-electron chi connectivity index (χ3n) is 1.65. The van der Waals surface area contributed by atoms with E-state index in [1.807, 2.05) is 17.5 Å². The van der Waals surface area contributed by atoms with Gasteiger partial charge in [-0.25, -0.2) is 9.97 Å². The number of nitrogens with two attached hydrogens (primary N) is 1. The molecule has 2 aromatic heterocycles. The average molecular weight is 281 g/mol. The molecule has 74 valence electrons. The lowest BCUT2D eigenvalue weighted by Gasteiger charge is -1.98. The Hall–Kier alpha value is -1.45. The van der Waals surface area contributed by atoms with Gasteiger partial charge in [0.2, 0.25) is 0 Å². The summed E-state index contributed by atoms with van der Waals surface area (Å²) < 4.78 is 0.965. The van der Waals surface area contributed by atoms with Gasteiger partial charge < -0.3 is 5.73 Å². The highest BCUT2D eigenvalue weighted by atomic mass is 79.9. The number of aromatic nitrogens is 2. The van der Waals surface area contributed by atoms with E-state index in [-0.39, 0.29) is 5.69 Å². The van der Waals surface area contributed by atoms with Gasteiger partial charge >= 0.3 is 0 Å². The molecule has 6 heteroatoms. The number of nitrogens with zero attached hydrogens (tertiary/aromatic N) is 3. The summed E-state index contributed by atoms with van der Waals surface area (Å²) in [7, 11) is 0. The Labute approximate surface area is 98.5 Å². The zero-order chi connectivity index (χ0) is 10.8. The number of rotatable bonds is 1. The molecule has 15 heavy (non-hydrogen) atoms. The van der Waals surface area contributed by atoms with Crippen LogP contribution >= 0.6 is 27.3 Å². The number of halogens is 1. The lowest BCUT2D eigenvalue weighted by molar-refractivity contribution is 1.16. The molecule has 0 spiro atoms. The number of nitrogen functional groups attached to an aromatic ring is 1. The van der Waals surface area contributed by atoms with Crippen molar-refractivity contribution in [3.8, 4) is 16.8 Å². The van der Waals surface area contributed by atoms with Crippen LogP contribution in [0.4, 0.5) is 5.82 Å². The Balaban J connectivity index is 2.54. The number of anilines is 1. The largest absolute Gasteiger partial charge is 0.384 e. The first-order chi connectivity index (χ1) is 7.19. The molecule has 2 aromatic rings. The fraction of sp³-hybridized carbons (Fsp3) is 0. The summed E-state index contributed by atoms with van der Waals surface area (Å²) in [4.78, 5) is 9.02. The van der Waals surface area contributed by atoms with Crippen molar-refractivity contribution in [2.45, 2.75) is 0 Å². The Morgan fingerprint density at radius 3 is 2.80 bits per heavy atom. The quantitative estimate of drug-likeness (QED) is 0.871. The van der Waals surface area contributed by atoms with Crippen molar-refractivity contribution in [2.24, 2.45) is 0 Å². The molecule has 0 unspecified atom stereocenters. The van der Waals surface area contributed by atoms with Crippen LogP contribution in [0.5, 0.6) is 0 Å². The Morgan fingerprint density at radius 2 is 2.20 bits per heavy atom. The molecule has 0 atom stereocenters. The summed E-state index contributed by atoms with van der Waals surface area (Å²) in [6.07, 6.45) is 0. The van der Waals surface area contributed by atoms with Crippen LogP contribution in [0, 0.1) is 11.3 Å². The van der Waals surface area contributed by atoms with Crippen LogP contribution in [0.1, 0.15) is 5.69 Å². The van der Waals surface area contributed by atoms with Gasteiger partial charge in [0.05, 0.1) is 4.88 Å². The molecule has 0 aliphatic heterocycles. The third kappa shape index (κ3) is 2.14. The molecule has 0 aliphatic carbocycles. The number of hydrogen-bond donors (Lipinski definition) is 1. The topological polar surface area (TPSA) is 75.6 Å². The predicted octanol–water partition coefficient (Wildman–Crippen LogP) is 2.42. The van der Waals surface area contributed by atoms with E-state index >= 15 is 0 Å². The average Bonchev–Trinajstić information content (AvgIpc) is 2.64. The van der Waals surface area contributed by atoms with Crippen LogP contribution < -0.4 is 5.73 Å². The Bertz CT molecular complexity index is 543. The van der Waals surface area contributed by atoms with Gasteiger partial charge in [-0.05, 0) is 22.0 Å². The van der Waals surface area contributed by atoms with Gasteiger partial charge in [0, 0.05) is 15.9 Å². The second kappa shape index (κ2) is 3.96. The summed E-state index contributed by atoms with van der Waals surface area (Å²) in [5, 5.41) is 10.7. The molecule has 4 nitrogen and oxygen atoms in total. The molecule has 0 aliphatic rings. The molecule has 0 saturated carbocycles. The summed E-state index contributed by atoms with van der Waals surface area (Å²) in [6, 6.07) is 5.29. The second-order valence-corrected chi connectivity index (χ2v) is 4.57. The third-order valence-corrected chi connectivity index (χ3v) is 3.34. The van der Waals surface area contributed by atoms with Crippen LogP contribution in [0.15, 0.2) is 22.0 Å². The molecule has 0 aromatic carbocycles. The van der Waals surface area contributed by atoms with Crippen LogP contribution in [-0.4, -0.2) is 9.97 Å². The molecule has 0 saturated heterocycles. The van der Waals surface area contributed by atoms with E-state index in [1.54, 1.807) is 0 Å². The lowest BCUT2D eigenvalue weighted by Crippen LogP contribution is -1.96. The van der Waals surface area contributed by atoms with Gasteiger partial charge in [0.25, 0.3) is 0 Å². The van der Waals surface area contributed by atoms with E-state index in [1.165, 1.54) is 17.4 Å². The minimum absolute atomic E-state index is 0.280. The molecule has 0 fully saturated rings. The van der Waals surface area contributed by atoms with Crippen molar-refractivity contribution in [1.82, 2.24) is 9.97 Å². The molecular formula is C9H5BrN4S. The van der Waals surface area contributed by atoms with E-state index < -0.39 is 0 Å². The van der Waals surface area contributed by atoms with Gasteiger partial charge in [0.1, 0.15) is 17.6 Å². The van der Waals surface area contributed by atoms with E-state index in [0.717, 1.165) is 9.35 Å². The standard InChI is InChI=1S/C9H5BrN4S/c10-5-1-7(15-4-5)9-13-6(3-11)2-8(12)14-9/h1-2,4H,(H2,12,13,14). The van der Waals surface area contributed by atoms with E-state index in [0.29, 0.717) is 11.6 Å². The van der Waals surface area contributed by atoms with E-state index in [2.05, 4.69) is 25.9 Å². The van der Waals surface area contributed by atoms with Crippen LogP contribution in [0.2, 0.25) is 0 Å².